The summed E-state index contributed by atoms with van der Waals surface area (Å²) in [5, 5.41) is 0. The second-order valence-electron chi connectivity index (χ2n) is 3.23. The Kier molecular flexibility index (Phi) is 1.26. The van der Waals surface area contributed by atoms with Gasteiger partial charge in [0.25, 0.3) is 0 Å². The lowest BCUT2D eigenvalue weighted by molar-refractivity contribution is 0.416. The maximum absolute atomic E-state index is 2.35. The lowest BCUT2D eigenvalue weighted by Gasteiger charge is -2.24. The smallest absolute Gasteiger partial charge is 0.00117 e. The molecule has 10 heavy (non-hydrogen) atoms. The third-order valence-electron chi connectivity index (χ3n) is 2.44. The van der Waals surface area contributed by atoms with Gasteiger partial charge in [-0.3, -0.25) is 0 Å². The molecule has 0 radical (unpaired) electrons. The molecule has 2 aliphatic rings. The van der Waals surface area contributed by atoms with Gasteiger partial charge in [0.15, 0.2) is 0 Å². The summed E-state index contributed by atoms with van der Waals surface area (Å²) in [7, 11) is 0. The second-order valence-corrected chi connectivity index (χ2v) is 3.23. The van der Waals surface area contributed by atoms with Crippen molar-refractivity contribution >= 4 is 0 Å². The molecule has 0 saturated carbocycles. The molecule has 0 amide bonds. The van der Waals surface area contributed by atoms with Crippen LogP contribution in [0.3, 0.4) is 0 Å². The van der Waals surface area contributed by atoms with E-state index in [1.807, 2.05) is 0 Å². The van der Waals surface area contributed by atoms with Crippen molar-refractivity contribution in [3.05, 3.63) is 36.5 Å². The minimum Gasteiger partial charge on any atom is -0.0876 e. The van der Waals surface area contributed by atoms with Gasteiger partial charge in [0.1, 0.15) is 0 Å². The van der Waals surface area contributed by atoms with Crippen molar-refractivity contribution in [3.63, 3.8) is 0 Å². The van der Waals surface area contributed by atoms with Gasteiger partial charge in [-0.1, -0.05) is 36.5 Å². The molecule has 52 valence electrons. The summed E-state index contributed by atoms with van der Waals surface area (Å²) in [6.07, 6.45) is 17.3. The molecule has 0 N–H and O–H groups in total. The zero-order valence-electron chi connectivity index (χ0n) is 6.09. The third-order valence-corrected chi connectivity index (χ3v) is 2.44. The summed E-state index contributed by atoms with van der Waals surface area (Å²) in [5.74, 6) is 0. The summed E-state index contributed by atoms with van der Waals surface area (Å²) in [6.45, 7) is 0. The Hall–Kier alpha value is -0.780. The summed E-state index contributed by atoms with van der Waals surface area (Å²) in [5.41, 5.74) is 0.495. The quantitative estimate of drug-likeness (QED) is 0.444. The van der Waals surface area contributed by atoms with Crippen molar-refractivity contribution in [1.29, 1.82) is 0 Å². The number of rotatable bonds is 0. The van der Waals surface area contributed by atoms with Gasteiger partial charge >= 0.3 is 0 Å². The molecule has 0 aliphatic heterocycles. The molecule has 0 nitrogen and oxygen atoms in total. The Morgan fingerprint density at radius 3 is 2.10 bits per heavy atom. The van der Waals surface area contributed by atoms with Crippen LogP contribution < -0.4 is 0 Å². The Balaban J connectivity index is 2.17. The minimum atomic E-state index is 0.495. The van der Waals surface area contributed by atoms with Gasteiger partial charge in [0.2, 0.25) is 0 Å². The van der Waals surface area contributed by atoms with Gasteiger partial charge in [0.05, 0.1) is 0 Å². The van der Waals surface area contributed by atoms with Crippen molar-refractivity contribution in [3.8, 4) is 0 Å². The van der Waals surface area contributed by atoms with Gasteiger partial charge in [-0.15, -0.1) is 0 Å². The van der Waals surface area contributed by atoms with Crippen molar-refractivity contribution in [2.45, 2.75) is 19.3 Å². The highest BCUT2D eigenvalue weighted by atomic mass is 14.3. The molecular formula is C10H12. The van der Waals surface area contributed by atoms with E-state index < -0.39 is 0 Å². The first-order chi connectivity index (χ1) is 4.91. The van der Waals surface area contributed by atoms with Crippen LogP contribution in [0.2, 0.25) is 0 Å². The van der Waals surface area contributed by atoms with Gasteiger partial charge in [-0.2, -0.15) is 0 Å². The van der Waals surface area contributed by atoms with E-state index in [4.69, 9.17) is 0 Å². The largest absolute Gasteiger partial charge is 0.0876 e. The van der Waals surface area contributed by atoms with Gasteiger partial charge in [-0.05, 0) is 24.7 Å². The maximum atomic E-state index is 2.35. The highest BCUT2D eigenvalue weighted by molar-refractivity contribution is 5.21. The Labute approximate surface area is 61.9 Å². The molecule has 0 aromatic carbocycles. The highest BCUT2D eigenvalue weighted by Gasteiger charge is 2.26. The molecule has 0 aromatic heterocycles. The second kappa shape index (κ2) is 2.12. The van der Waals surface area contributed by atoms with E-state index in [1.54, 1.807) is 0 Å². The van der Waals surface area contributed by atoms with Crippen LogP contribution in [-0.2, 0) is 0 Å². The Morgan fingerprint density at radius 1 is 0.800 bits per heavy atom. The van der Waals surface area contributed by atoms with E-state index in [9.17, 15) is 0 Å². The molecular weight excluding hydrogens is 120 g/mol. The zero-order valence-corrected chi connectivity index (χ0v) is 6.09. The first kappa shape index (κ1) is 5.96. The fourth-order valence-corrected chi connectivity index (χ4v) is 1.73. The van der Waals surface area contributed by atoms with Crippen LogP contribution in [0.25, 0.3) is 0 Å². The van der Waals surface area contributed by atoms with Crippen LogP contribution in [0.15, 0.2) is 36.5 Å². The predicted molar refractivity (Wildman–Crippen MR) is 43.7 cm³/mol. The SMILES string of the molecule is C1=CCC2(C=C1)CC=CC2. The average Bonchev–Trinajstić information content (AvgIpc) is 2.39. The monoisotopic (exact) mass is 132 g/mol. The molecule has 0 heterocycles. The Morgan fingerprint density at radius 2 is 1.50 bits per heavy atom. The average molecular weight is 132 g/mol. The molecule has 2 aliphatic carbocycles. The van der Waals surface area contributed by atoms with Crippen molar-refractivity contribution in [1.82, 2.24) is 0 Å². The summed E-state index contributed by atoms with van der Waals surface area (Å²) in [4.78, 5) is 0. The fourth-order valence-electron chi connectivity index (χ4n) is 1.73. The summed E-state index contributed by atoms with van der Waals surface area (Å²) >= 11 is 0. The zero-order chi connectivity index (χ0) is 6.86. The summed E-state index contributed by atoms with van der Waals surface area (Å²) < 4.78 is 0. The fraction of sp³-hybridized carbons (Fsp3) is 0.400. The van der Waals surface area contributed by atoms with Crippen molar-refractivity contribution < 1.29 is 0 Å². The molecule has 1 spiro atoms. The molecule has 0 saturated heterocycles. The first-order valence-corrected chi connectivity index (χ1v) is 3.91. The van der Waals surface area contributed by atoms with E-state index in [0.29, 0.717) is 5.41 Å². The maximum Gasteiger partial charge on any atom is -0.00117 e. The predicted octanol–water partition coefficient (Wildman–Crippen LogP) is 2.84. The van der Waals surface area contributed by atoms with E-state index in [0.717, 1.165) is 0 Å². The van der Waals surface area contributed by atoms with E-state index in [-0.39, 0.29) is 0 Å². The standard InChI is InChI=1S/C10H12/c1-2-6-10(7-3-1)8-4-5-9-10/h1-6H,7-9H2. The van der Waals surface area contributed by atoms with Crippen molar-refractivity contribution in [2.24, 2.45) is 5.41 Å². The minimum absolute atomic E-state index is 0.495. The van der Waals surface area contributed by atoms with E-state index >= 15 is 0 Å². The van der Waals surface area contributed by atoms with E-state index in [2.05, 4.69) is 36.5 Å². The summed E-state index contributed by atoms with van der Waals surface area (Å²) in [6, 6.07) is 0. The molecule has 0 unspecified atom stereocenters. The van der Waals surface area contributed by atoms with Crippen LogP contribution in [0.1, 0.15) is 19.3 Å². The molecule has 2 rings (SSSR count). The molecule has 0 bridgehead atoms. The lowest BCUT2D eigenvalue weighted by Crippen LogP contribution is -2.13. The van der Waals surface area contributed by atoms with Gasteiger partial charge in [0, 0.05) is 0 Å². The first-order valence-electron chi connectivity index (χ1n) is 3.91. The van der Waals surface area contributed by atoms with Crippen LogP contribution in [0, 0.1) is 5.41 Å². The number of hydrogen-bond donors (Lipinski definition) is 0. The number of hydrogen-bond acceptors (Lipinski definition) is 0. The third kappa shape index (κ3) is 0.841. The van der Waals surface area contributed by atoms with Crippen LogP contribution >= 0.6 is 0 Å². The number of allylic oxidation sites excluding steroid dienone is 6. The van der Waals surface area contributed by atoms with Gasteiger partial charge < -0.3 is 0 Å². The normalized spacial score (nSPS) is 26.4. The van der Waals surface area contributed by atoms with Gasteiger partial charge in [-0.25, -0.2) is 0 Å². The van der Waals surface area contributed by atoms with Crippen LogP contribution in [0.5, 0.6) is 0 Å². The van der Waals surface area contributed by atoms with Crippen LogP contribution in [-0.4, -0.2) is 0 Å². The van der Waals surface area contributed by atoms with Crippen LogP contribution in [0.4, 0.5) is 0 Å². The molecule has 0 atom stereocenters. The van der Waals surface area contributed by atoms with Crippen molar-refractivity contribution in [2.75, 3.05) is 0 Å². The lowest BCUT2D eigenvalue weighted by atomic mass is 9.80. The molecule has 0 heteroatoms. The van der Waals surface area contributed by atoms with E-state index in [1.165, 1.54) is 19.3 Å². The highest BCUT2D eigenvalue weighted by Crippen LogP contribution is 2.39. The topological polar surface area (TPSA) is 0 Å². The molecule has 0 fully saturated rings. The Bertz CT molecular complexity index is 198. The molecule has 0 aromatic rings.